The number of hydrogen-bond acceptors (Lipinski definition) is 5. The van der Waals surface area contributed by atoms with Crippen molar-refractivity contribution < 1.29 is 19.5 Å². The first kappa shape index (κ1) is 10.6. The van der Waals surface area contributed by atoms with E-state index in [9.17, 15) is 9.59 Å². The Labute approximate surface area is 70.0 Å². The van der Waals surface area contributed by atoms with Crippen molar-refractivity contribution in [2.45, 2.75) is 20.3 Å². The lowest BCUT2D eigenvalue weighted by molar-refractivity contribution is -0.136. The monoisotopic (exact) mass is 173 g/mol. The van der Waals surface area contributed by atoms with Crippen LogP contribution in [-0.2, 0) is 14.3 Å². The van der Waals surface area contributed by atoms with Crippen molar-refractivity contribution in [1.82, 2.24) is 0 Å². The smallest absolute Gasteiger partial charge is 0.364 e. The van der Waals surface area contributed by atoms with Gasteiger partial charge in [0.2, 0.25) is 5.71 Å². The molecule has 0 unspecified atom stereocenters. The number of Topliss-reactive ketones (excluding diaryl/α,β-unsaturated/α-hetero) is 1. The summed E-state index contributed by atoms with van der Waals surface area (Å²) >= 11 is 0. The fourth-order valence-electron chi connectivity index (χ4n) is 0.577. The average Bonchev–Trinajstić information content (AvgIpc) is 2.06. The fraction of sp³-hybridized carbons (Fsp3) is 0.571. The van der Waals surface area contributed by atoms with E-state index in [1.165, 1.54) is 0 Å². The van der Waals surface area contributed by atoms with Crippen LogP contribution in [0.3, 0.4) is 0 Å². The zero-order valence-corrected chi connectivity index (χ0v) is 7.03. The number of ether oxygens (including phenoxy) is 1. The molecule has 0 aliphatic carbocycles. The standard InChI is InChI=1S/C7H11NO4/c1-3-5(9)6(8-11)7(10)12-4-2/h11H,3-4H2,1-2H3. The van der Waals surface area contributed by atoms with Gasteiger partial charge in [-0.15, -0.1) is 0 Å². The van der Waals surface area contributed by atoms with Crippen molar-refractivity contribution in [2.24, 2.45) is 5.16 Å². The number of rotatable bonds is 4. The van der Waals surface area contributed by atoms with Gasteiger partial charge in [-0.1, -0.05) is 12.1 Å². The van der Waals surface area contributed by atoms with Crippen LogP contribution in [-0.4, -0.2) is 29.3 Å². The third-order valence-electron chi connectivity index (χ3n) is 1.15. The lowest BCUT2D eigenvalue weighted by Gasteiger charge is -2.00. The van der Waals surface area contributed by atoms with Crippen LogP contribution >= 0.6 is 0 Å². The summed E-state index contributed by atoms with van der Waals surface area (Å²) in [7, 11) is 0. The molecule has 0 fully saturated rings. The summed E-state index contributed by atoms with van der Waals surface area (Å²) in [5.74, 6) is -1.41. The summed E-state index contributed by atoms with van der Waals surface area (Å²) in [6.45, 7) is 3.31. The van der Waals surface area contributed by atoms with Gasteiger partial charge in [0, 0.05) is 6.42 Å². The zero-order valence-electron chi connectivity index (χ0n) is 7.03. The summed E-state index contributed by atoms with van der Waals surface area (Å²) < 4.78 is 4.47. The molecule has 68 valence electrons. The van der Waals surface area contributed by atoms with Crippen molar-refractivity contribution in [3.63, 3.8) is 0 Å². The Bertz CT molecular complexity index is 209. The molecule has 0 aliphatic rings. The van der Waals surface area contributed by atoms with Crippen LogP contribution in [0.25, 0.3) is 0 Å². The predicted octanol–water partition coefficient (Wildman–Crippen LogP) is 0.359. The SMILES string of the molecule is CCOC(=O)C(=NO)C(=O)CC. The van der Waals surface area contributed by atoms with E-state index in [1.54, 1.807) is 13.8 Å². The highest BCUT2D eigenvalue weighted by Gasteiger charge is 2.20. The molecule has 1 N–H and O–H groups in total. The van der Waals surface area contributed by atoms with E-state index in [0.717, 1.165) is 0 Å². The van der Waals surface area contributed by atoms with E-state index in [4.69, 9.17) is 5.21 Å². The number of ketones is 1. The Kier molecular flexibility index (Phi) is 4.67. The van der Waals surface area contributed by atoms with E-state index in [-0.39, 0.29) is 13.0 Å². The molecule has 0 rings (SSSR count). The average molecular weight is 173 g/mol. The van der Waals surface area contributed by atoms with Gasteiger partial charge in [0.25, 0.3) is 0 Å². The molecular formula is C7H11NO4. The van der Waals surface area contributed by atoms with Gasteiger partial charge in [-0.05, 0) is 6.92 Å². The number of hydrogen-bond donors (Lipinski definition) is 1. The highest BCUT2D eigenvalue weighted by atomic mass is 16.5. The maximum atomic E-state index is 10.9. The summed E-state index contributed by atoms with van der Waals surface area (Å²) in [6.07, 6.45) is 0.109. The summed E-state index contributed by atoms with van der Waals surface area (Å²) in [6, 6.07) is 0. The first-order chi connectivity index (χ1) is 5.67. The van der Waals surface area contributed by atoms with Crippen molar-refractivity contribution >= 4 is 17.5 Å². The molecule has 0 amide bonds. The first-order valence-electron chi connectivity index (χ1n) is 3.59. The Morgan fingerprint density at radius 3 is 2.33 bits per heavy atom. The second kappa shape index (κ2) is 5.29. The molecule has 0 aromatic rings. The summed E-state index contributed by atoms with van der Waals surface area (Å²) in [5.41, 5.74) is -0.542. The molecule has 0 saturated heterocycles. The topological polar surface area (TPSA) is 76.0 Å². The van der Waals surface area contributed by atoms with Crippen LogP contribution in [0.4, 0.5) is 0 Å². The van der Waals surface area contributed by atoms with E-state index in [1.807, 2.05) is 0 Å². The Balaban J connectivity index is 4.37. The van der Waals surface area contributed by atoms with Gasteiger partial charge in [-0.3, -0.25) is 4.79 Å². The normalized spacial score (nSPS) is 11.0. The second-order valence-electron chi connectivity index (χ2n) is 1.95. The number of carbonyl (C=O) groups excluding carboxylic acids is 2. The van der Waals surface area contributed by atoms with Crippen LogP contribution in [0.15, 0.2) is 5.16 Å². The number of carbonyl (C=O) groups is 2. The molecule has 0 bridgehead atoms. The third kappa shape index (κ3) is 2.69. The molecule has 5 heteroatoms. The van der Waals surface area contributed by atoms with Crippen molar-refractivity contribution in [1.29, 1.82) is 0 Å². The zero-order chi connectivity index (χ0) is 9.56. The third-order valence-corrected chi connectivity index (χ3v) is 1.15. The number of esters is 1. The minimum Gasteiger partial charge on any atom is -0.461 e. The van der Waals surface area contributed by atoms with E-state index >= 15 is 0 Å². The molecular weight excluding hydrogens is 162 g/mol. The number of oxime groups is 1. The van der Waals surface area contributed by atoms with Crippen molar-refractivity contribution in [3.8, 4) is 0 Å². The van der Waals surface area contributed by atoms with E-state index in [2.05, 4.69) is 9.89 Å². The van der Waals surface area contributed by atoms with Gasteiger partial charge in [0.1, 0.15) is 0 Å². The molecule has 0 aromatic carbocycles. The lowest BCUT2D eigenvalue weighted by Crippen LogP contribution is -2.25. The van der Waals surface area contributed by atoms with Crippen molar-refractivity contribution in [3.05, 3.63) is 0 Å². The fourth-order valence-corrected chi connectivity index (χ4v) is 0.577. The van der Waals surface area contributed by atoms with Gasteiger partial charge < -0.3 is 9.94 Å². The molecule has 12 heavy (non-hydrogen) atoms. The molecule has 5 nitrogen and oxygen atoms in total. The molecule has 0 aliphatic heterocycles. The van der Waals surface area contributed by atoms with Crippen LogP contribution in [0.1, 0.15) is 20.3 Å². The van der Waals surface area contributed by atoms with Gasteiger partial charge in [-0.25, -0.2) is 4.79 Å². The van der Waals surface area contributed by atoms with Crippen LogP contribution in [0.5, 0.6) is 0 Å². The molecule has 0 radical (unpaired) electrons. The summed E-state index contributed by atoms with van der Waals surface area (Å²) in [4.78, 5) is 21.7. The summed E-state index contributed by atoms with van der Waals surface area (Å²) in [5, 5.41) is 10.9. The van der Waals surface area contributed by atoms with Gasteiger partial charge in [-0.2, -0.15) is 0 Å². The Morgan fingerprint density at radius 2 is 2.00 bits per heavy atom. The van der Waals surface area contributed by atoms with Gasteiger partial charge in [0.15, 0.2) is 5.78 Å². The molecule has 0 atom stereocenters. The molecule has 0 heterocycles. The molecule has 0 spiro atoms. The quantitative estimate of drug-likeness (QED) is 0.219. The van der Waals surface area contributed by atoms with Crippen LogP contribution in [0, 0.1) is 0 Å². The minimum absolute atomic E-state index is 0.109. The Hall–Kier alpha value is -1.39. The van der Waals surface area contributed by atoms with Gasteiger partial charge >= 0.3 is 5.97 Å². The van der Waals surface area contributed by atoms with Crippen molar-refractivity contribution in [2.75, 3.05) is 6.61 Å². The predicted molar refractivity (Wildman–Crippen MR) is 41.2 cm³/mol. The van der Waals surface area contributed by atoms with Crippen LogP contribution < -0.4 is 0 Å². The lowest BCUT2D eigenvalue weighted by atomic mass is 10.2. The highest BCUT2D eigenvalue weighted by molar-refractivity contribution is 6.64. The Morgan fingerprint density at radius 1 is 1.42 bits per heavy atom. The maximum absolute atomic E-state index is 10.9. The maximum Gasteiger partial charge on any atom is 0.364 e. The van der Waals surface area contributed by atoms with E-state index < -0.39 is 17.5 Å². The highest BCUT2D eigenvalue weighted by Crippen LogP contribution is 1.90. The molecule has 0 saturated carbocycles. The first-order valence-corrected chi connectivity index (χ1v) is 3.59. The van der Waals surface area contributed by atoms with Gasteiger partial charge in [0.05, 0.1) is 6.61 Å². The minimum atomic E-state index is -0.883. The van der Waals surface area contributed by atoms with E-state index in [0.29, 0.717) is 0 Å². The second-order valence-corrected chi connectivity index (χ2v) is 1.95. The van der Waals surface area contributed by atoms with Crippen LogP contribution in [0.2, 0.25) is 0 Å². The molecule has 0 aromatic heterocycles. The number of nitrogens with zero attached hydrogens (tertiary/aromatic N) is 1. The largest absolute Gasteiger partial charge is 0.461 e.